The Morgan fingerprint density at radius 2 is 1.92 bits per heavy atom. The lowest BCUT2D eigenvalue weighted by molar-refractivity contribution is -0.127. The summed E-state index contributed by atoms with van der Waals surface area (Å²) in [6.45, 7) is 8.41. The van der Waals surface area contributed by atoms with Gasteiger partial charge in [-0.1, -0.05) is 45.9 Å². The molecule has 2 atom stereocenters. The zero-order chi connectivity index (χ0) is 19.3. The fraction of sp³-hybridized carbons (Fsp3) is 0.571. The number of carbonyl (C=O) groups is 3. The molecule has 1 saturated heterocycles. The van der Waals surface area contributed by atoms with E-state index in [1.54, 1.807) is 17.0 Å². The fourth-order valence-electron chi connectivity index (χ4n) is 3.40. The minimum absolute atomic E-state index is 0.113. The maximum Gasteiger partial charge on any atom is 0.254 e. The Bertz CT molecular complexity index is 640. The minimum atomic E-state index is -0.646. The molecule has 0 aliphatic carbocycles. The van der Waals surface area contributed by atoms with Crippen LogP contribution in [0.1, 0.15) is 57.3 Å². The van der Waals surface area contributed by atoms with Crippen molar-refractivity contribution in [2.24, 2.45) is 11.3 Å². The van der Waals surface area contributed by atoms with Crippen molar-refractivity contribution >= 4 is 18.1 Å². The molecule has 1 aliphatic heterocycles. The summed E-state index contributed by atoms with van der Waals surface area (Å²) in [5.74, 6) is 0.0795. The number of rotatable bonds is 7. The third-order valence-electron chi connectivity index (χ3n) is 5.06. The van der Waals surface area contributed by atoms with E-state index in [-0.39, 0.29) is 17.9 Å². The molecule has 26 heavy (non-hydrogen) atoms. The van der Waals surface area contributed by atoms with Crippen LogP contribution in [0.3, 0.4) is 0 Å². The highest BCUT2D eigenvalue weighted by Gasteiger charge is 2.38. The predicted octanol–water partition coefficient (Wildman–Crippen LogP) is 3.05. The van der Waals surface area contributed by atoms with E-state index in [1.807, 2.05) is 32.0 Å². The van der Waals surface area contributed by atoms with Gasteiger partial charge >= 0.3 is 0 Å². The molecule has 0 spiro atoms. The number of carbonyl (C=O) groups excluding carboxylic acids is 3. The molecule has 1 aromatic carbocycles. The molecular formula is C21H30N2O3. The van der Waals surface area contributed by atoms with Crippen molar-refractivity contribution in [1.82, 2.24) is 10.2 Å². The van der Waals surface area contributed by atoms with Crippen LogP contribution in [-0.2, 0) is 9.59 Å². The van der Waals surface area contributed by atoms with Gasteiger partial charge in [0.1, 0.15) is 12.3 Å². The van der Waals surface area contributed by atoms with Crippen LogP contribution in [-0.4, -0.2) is 41.6 Å². The molecule has 0 radical (unpaired) electrons. The van der Waals surface area contributed by atoms with Crippen LogP contribution in [0.4, 0.5) is 0 Å². The normalized spacial score (nSPS) is 18.7. The summed E-state index contributed by atoms with van der Waals surface area (Å²) in [5.41, 5.74) is -0.0496. The third kappa shape index (κ3) is 4.71. The average Bonchev–Trinajstić information content (AvgIpc) is 3.10. The highest BCUT2D eigenvalue weighted by atomic mass is 16.2. The van der Waals surface area contributed by atoms with E-state index in [2.05, 4.69) is 19.2 Å². The smallest absolute Gasteiger partial charge is 0.254 e. The Hall–Kier alpha value is -2.17. The number of amides is 2. The van der Waals surface area contributed by atoms with Crippen LogP contribution in [0.25, 0.3) is 0 Å². The van der Waals surface area contributed by atoms with Gasteiger partial charge in [0, 0.05) is 23.6 Å². The monoisotopic (exact) mass is 358 g/mol. The summed E-state index contributed by atoms with van der Waals surface area (Å²) >= 11 is 0. The fourth-order valence-corrected chi connectivity index (χ4v) is 3.40. The second-order valence-corrected chi connectivity index (χ2v) is 8.15. The number of likely N-dealkylation sites (tertiary alicyclic amines) is 1. The number of benzene rings is 1. The number of aldehydes is 1. The lowest BCUT2D eigenvalue weighted by Gasteiger charge is -2.33. The Balaban J connectivity index is 2.13. The van der Waals surface area contributed by atoms with E-state index in [9.17, 15) is 14.4 Å². The summed E-state index contributed by atoms with van der Waals surface area (Å²) in [6.07, 6.45) is 3.08. The van der Waals surface area contributed by atoms with Gasteiger partial charge in [-0.25, -0.2) is 0 Å². The van der Waals surface area contributed by atoms with Gasteiger partial charge in [0.25, 0.3) is 5.91 Å². The molecular weight excluding hydrogens is 328 g/mol. The lowest BCUT2D eigenvalue weighted by Crippen LogP contribution is -2.53. The van der Waals surface area contributed by atoms with E-state index in [1.165, 1.54) is 0 Å². The van der Waals surface area contributed by atoms with Gasteiger partial charge in [0.2, 0.25) is 5.91 Å². The zero-order valence-corrected chi connectivity index (χ0v) is 16.2. The molecule has 5 nitrogen and oxygen atoms in total. The van der Waals surface area contributed by atoms with Crippen LogP contribution < -0.4 is 5.32 Å². The number of nitrogens with one attached hydrogen (secondary N) is 1. The topological polar surface area (TPSA) is 66.5 Å². The highest BCUT2D eigenvalue weighted by Crippen LogP contribution is 2.25. The first-order chi connectivity index (χ1) is 12.3. The van der Waals surface area contributed by atoms with Crippen LogP contribution in [0.2, 0.25) is 0 Å². The largest absolute Gasteiger partial charge is 0.351 e. The van der Waals surface area contributed by atoms with Gasteiger partial charge in [-0.05, 0) is 37.3 Å². The molecule has 1 N–H and O–H groups in total. The Morgan fingerprint density at radius 3 is 2.50 bits per heavy atom. The quantitative estimate of drug-likeness (QED) is 0.762. The SMILES string of the molecule is CC(C)C[C@H](NC(=O)[C@@H]1CCCN1C(=O)c1ccccc1)C(C)(C)C=O. The van der Waals surface area contributed by atoms with Gasteiger partial charge in [0.15, 0.2) is 0 Å². The zero-order valence-electron chi connectivity index (χ0n) is 16.2. The molecule has 0 saturated carbocycles. The van der Waals surface area contributed by atoms with E-state index >= 15 is 0 Å². The third-order valence-corrected chi connectivity index (χ3v) is 5.06. The molecule has 1 aromatic rings. The molecule has 0 unspecified atom stereocenters. The maximum atomic E-state index is 12.9. The van der Waals surface area contributed by atoms with Crippen molar-refractivity contribution in [2.75, 3.05) is 6.54 Å². The molecule has 1 fully saturated rings. The second kappa shape index (κ2) is 8.47. The van der Waals surface area contributed by atoms with Gasteiger partial charge in [-0.15, -0.1) is 0 Å². The molecule has 1 heterocycles. The summed E-state index contributed by atoms with van der Waals surface area (Å²) in [6, 6.07) is 8.33. The van der Waals surface area contributed by atoms with E-state index in [4.69, 9.17) is 0 Å². The number of nitrogens with zero attached hydrogens (tertiary/aromatic N) is 1. The van der Waals surface area contributed by atoms with Gasteiger partial charge in [-0.2, -0.15) is 0 Å². The Labute approximate surface area is 156 Å². The van der Waals surface area contributed by atoms with Crippen molar-refractivity contribution in [3.05, 3.63) is 35.9 Å². The van der Waals surface area contributed by atoms with Gasteiger partial charge in [0.05, 0.1) is 0 Å². The average molecular weight is 358 g/mol. The minimum Gasteiger partial charge on any atom is -0.351 e. The van der Waals surface area contributed by atoms with E-state index in [0.717, 1.165) is 19.1 Å². The molecule has 142 valence electrons. The molecule has 2 amide bonds. The van der Waals surface area contributed by atoms with E-state index < -0.39 is 11.5 Å². The van der Waals surface area contributed by atoms with Crippen LogP contribution in [0.5, 0.6) is 0 Å². The van der Waals surface area contributed by atoms with Crippen LogP contribution in [0.15, 0.2) is 30.3 Å². The summed E-state index contributed by atoms with van der Waals surface area (Å²) < 4.78 is 0. The van der Waals surface area contributed by atoms with Gasteiger partial charge < -0.3 is 15.0 Å². The van der Waals surface area contributed by atoms with E-state index in [0.29, 0.717) is 24.4 Å². The first-order valence-corrected chi connectivity index (χ1v) is 9.39. The van der Waals surface area contributed by atoms with Crippen molar-refractivity contribution < 1.29 is 14.4 Å². The molecule has 0 bridgehead atoms. The highest BCUT2D eigenvalue weighted by molar-refractivity contribution is 5.98. The standard InChI is InChI=1S/C21H30N2O3/c1-15(2)13-18(21(3,4)14-24)22-19(25)17-11-8-12-23(17)20(26)16-9-6-5-7-10-16/h5-7,9-10,14-15,17-18H,8,11-13H2,1-4H3,(H,22,25)/t17-,18-/m0/s1. The predicted molar refractivity (Wildman–Crippen MR) is 102 cm³/mol. The molecule has 5 heteroatoms. The molecule has 1 aliphatic rings. The summed E-state index contributed by atoms with van der Waals surface area (Å²) in [7, 11) is 0. The lowest BCUT2D eigenvalue weighted by atomic mass is 9.81. The summed E-state index contributed by atoms with van der Waals surface area (Å²) in [4.78, 5) is 38.8. The van der Waals surface area contributed by atoms with Gasteiger partial charge in [-0.3, -0.25) is 9.59 Å². The van der Waals surface area contributed by atoms with Crippen molar-refractivity contribution in [3.63, 3.8) is 0 Å². The Morgan fingerprint density at radius 1 is 1.27 bits per heavy atom. The van der Waals surface area contributed by atoms with Crippen molar-refractivity contribution in [1.29, 1.82) is 0 Å². The number of hydrogen-bond donors (Lipinski definition) is 1. The maximum absolute atomic E-state index is 12.9. The Kier molecular flexibility index (Phi) is 6.57. The van der Waals surface area contributed by atoms with Crippen molar-refractivity contribution in [2.45, 2.75) is 59.0 Å². The van der Waals surface area contributed by atoms with Crippen LogP contribution >= 0.6 is 0 Å². The second-order valence-electron chi connectivity index (χ2n) is 8.15. The first kappa shape index (κ1) is 20.1. The molecule has 2 rings (SSSR count). The first-order valence-electron chi connectivity index (χ1n) is 9.39. The number of hydrogen-bond acceptors (Lipinski definition) is 3. The van der Waals surface area contributed by atoms with Crippen molar-refractivity contribution in [3.8, 4) is 0 Å². The molecule has 0 aromatic heterocycles. The summed E-state index contributed by atoms with van der Waals surface area (Å²) in [5, 5.41) is 3.05. The van der Waals surface area contributed by atoms with Crippen LogP contribution in [0, 0.1) is 11.3 Å².